The topological polar surface area (TPSA) is 46.2 Å². The summed E-state index contributed by atoms with van der Waals surface area (Å²) >= 11 is 0. The van der Waals surface area contributed by atoms with Gasteiger partial charge in [-0.3, -0.25) is 4.72 Å². The van der Waals surface area contributed by atoms with Crippen LogP contribution >= 0.6 is 0 Å². The van der Waals surface area contributed by atoms with Crippen LogP contribution in [-0.4, -0.2) is 13.7 Å². The quantitative estimate of drug-likeness (QED) is 0.915. The van der Waals surface area contributed by atoms with Crippen molar-refractivity contribution in [3.05, 3.63) is 29.8 Å². The van der Waals surface area contributed by atoms with Crippen LogP contribution in [0.15, 0.2) is 24.3 Å². The van der Waals surface area contributed by atoms with Crippen molar-refractivity contribution in [1.29, 1.82) is 0 Å². The summed E-state index contributed by atoms with van der Waals surface area (Å²) in [5.74, 6) is 0. The third-order valence-corrected chi connectivity index (χ3v) is 3.83. The number of halogens is 3. The van der Waals surface area contributed by atoms with Crippen LogP contribution in [0.5, 0.6) is 0 Å². The number of nitrogens with one attached hydrogen (secondary N) is 1. The fourth-order valence-corrected chi connectivity index (χ4v) is 1.73. The van der Waals surface area contributed by atoms with E-state index < -0.39 is 27.0 Å². The molecule has 0 aromatic heterocycles. The number of sulfonamides is 1. The Bertz CT molecular complexity index is 495. The molecule has 0 aliphatic carbocycles. The van der Waals surface area contributed by atoms with Gasteiger partial charge in [0.05, 0.1) is 10.8 Å². The molecular formula is C10H12F3NO2S. The average Bonchev–Trinajstić information content (AvgIpc) is 2.15. The lowest BCUT2D eigenvalue weighted by Gasteiger charge is -2.12. The number of rotatable bonds is 3. The average molecular weight is 267 g/mol. The highest BCUT2D eigenvalue weighted by atomic mass is 32.2. The zero-order valence-corrected chi connectivity index (χ0v) is 10.1. The highest BCUT2D eigenvalue weighted by Gasteiger charge is 2.30. The minimum absolute atomic E-state index is 0.0893. The molecule has 0 spiro atoms. The van der Waals surface area contributed by atoms with Crippen LogP contribution < -0.4 is 4.72 Å². The van der Waals surface area contributed by atoms with Crippen LogP contribution in [0.3, 0.4) is 0 Å². The van der Waals surface area contributed by atoms with Crippen LogP contribution in [0.1, 0.15) is 19.4 Å². The molecule has 0 saturated carbocycles. The van der Waals surface area contributed by atoms with E-state index in [1.54, 1.807) is 0 Å². The Morgan fingerprint density at radius 2 is 1.82 bits per heavy atom. The first-order valence-electron chi connectivity index (χ1n) is 4.82. The predicted molar refractivity (Wildman–Crippen MR) is 59.1 cm³/mol. The molecule has 0 aliphatic heterocycles. The van der Waals surface area contributed by atoms with Gasteiger partial charge in [0.2, 0.25) is 10.0 Å². The van der Waals surface area contributed by atoms with Gasteiger partial charge in [0.15, 0.2) is 0 Å². The van der Waals surface area contributed by atoms with Gasteiger partial charge >= 0.3 is 6.18 Å². The van der Waals surface area contributed by atoms with Gasteiger partial charge in [-0.2, -0.15) is 13.2 Å². The van der Waals surface area contributed by atoms with E-state index in [0.717, 1.165) is 18.2 Å². The van der Waals surface area contributed by atoms with E-state index in [4.69, 9.17) is 0 Å². The van der Waals surface area contributed by atoms with Crippen LogP contribution in [0, 0.1) is 0 Å². The van der Waals surface area contributed by atoms with E-state index >= 15 is 0 Å². The summed E-state index contributed by atoms with van der Waals surface area (Å²) in [7, 11) is -3.63. The standard InChI is InChI=1S/C10H12F3NO2S/c1-7(2)17(15,16)14-9-5-3-4-8(6-9)10(11,12)13/h3-7,14H,1-2H3. The van der Waals surface area contributed by atoms with Crippen molar-refractivity contribution in [2.24, 2.45) is 0 Å². The van der Waals surface area contributed by atoms with Crippen molar-refractivity contribution < 1.29 is 21.6 Å². The summed E-state index contributed by atoms with van der Waals surface area (Å²) in [6.45, 7) is 2.88. The Morgan fingerprint density at radius 3 is 2.29 bits per heavy atom. The first-order chi connectivity index (χ1) is 7.63. The number of alkyl halides is 3. The second-order valence-corrected chi connectivity index (χ2v) is 6.01. The lowest BCUT2D eigenvalue weighted by molar-refractivity contribution is -0.137. The molecule has 0 atom stereocenters. The summed E-state index contributed by atoms with van der Waals surface area (Å²) < 4.78 is 62.2. The van der Waals surface area contributed by atoms with Crippen LogP contribution in [0.4, 0.5) is 18.9 Å². The fraction of sp³-hybridized carbons (Fsp3) is 0.400. The van der Waals surface area contributed by atoms with Gasteiger partial charge in [-0.25, -0.2) is 8.42 Å². The molecule has 0 fully saturated rings. The van der Waals surface area contributed by atoms with E-state index in [1.165, 1.54) is 19.9 Å². The third-order valence-electron chi connectivity index (χ3n) is 2.07. The third kappa shape index (κ3) is 3.62. The zero-order valence-electron chi connectivity index (χ0n) is 9.25. The Labute approximate surface area is 97.7 Å². The van der Waals surface area contributed by atoms with Crippen molar-refractivity contribution in [2.45, 2.75) is 25.3 Å². The highest BCUT2D eigenvalue weighted by molar-refractivity contribution is 7.93. The molecule has 0 aliphatic rings. The first-order valence-corrected chi connectivity index (χ1v) is 6.36. The van der Waals surface area contributed by atoms with Gasteiger partial charge in [-0.15, -0.1) is 0 Å². The molecule has 96 valence electrons. The van der Waals surface area contributed by atoms with Gasteiger partial charge < -0.3 is 0 Å². The summed E-state index contributed by atoms with van der Waals surface area (Å²) in [6.07, 6.45) is -4.49. The Hall–Kier alpha value is -1.24. The summed E-state index contributed by atoms with van der Waals surface area (Å²) in [5, 5.41) is -0.711. The molecule has 17 heavy (non-hydrogen) atoms. The monoisotopic (exact) mass is 267 g/mol. The number of anilines is 1. The Kier molecular flexibility index (Phi) is 3.71. The lowest BCUT2D eigenvalue weighted by Crippen LogP contribution is -2.22. The molecule has 0 amide bonds. The van der Waals surface area contributed by atoms with E-state index in [-0.39, 0.29) is 5.69 Å². The van der Waals surface area contributed by atoms with Gasteiger partial charge in [0, 0.05) is 5.69 Å². The van der Waals surface area contributed by atoms with E-state index in [0.29, 0.717) is 0 Å². The fourth-order valence-electron chi connectivity index (χ4n) is 1.04. The molecule has 3 nitrogen and oxygen atoms in total. The van der Waals surface area contributed by atoms with Gasteiger partial charge in [0.1, 0.15) is 0 Å². The molecule has 1 rings (SSSR count). The maximum Gasteiger partial charge on any atom is 0.416 e. The highest BCUT2D eigenvalue weighted by Crippen LogP contribution is 2.30. The van der Waals surface area contributed by atoms with Crippen LogP contribution in [0.25, 0.3) is 0 Å². The summed E-state index contributed by atoms with van der Waals surface area (Å²) in [4.78, 5) is 0. The van der Waals surface area contributed by atoms with Crippen molar-refractivity contribution in [1.82, 2.24) is 0 Å². The molecule has 0 saturated heterocycles. The SMILES string of the molecule is CC(C)S(=O)(=O)Nc1cccc(C(F)(F)F)c1. The van der Waals surface area contributed by atoms with Gasteiger partial charge in [-0.1, -0.05) is 6.07 Å². The predicted octanol–water partition coefficient (Wildman–Crippen LogP) is 2.86. The molecule has 1 N–H and O–H groups in total. The molecule has 7 heteroatoms. The minimum atomic E-state index is -4.49. The minimum Gasteiger partial charge on any atom is -0.283 e. The molecule has 1 aromatic carbocycles. The van der Waals surface area contributed by atoms with E-state index in [2.05, 4.69) is 4.72 Å². The molecule has 0 radical (unpaired) electrons. The molecule has 0 unspecified atom stereocenters. The summed E-state index contributed by atoms with van der Waals surface area (Å²) in [6, 6.07) is 4.07. The Morgan fingerprint density at radius 1 is 1.24 bits per heavy atom. The normalized spacial score (nSPS) is 12.8. The van der Waals surface area contributed by atoms with Crippen LogP contribution in [0.2, 0.25) is 0 Å². The molecule has 0 heterocycles. The zero-order chi connectivity index (χ0) is 13.3. The van der Waals surface area contributed by atoms with Crippen LogP contribution in [-0.2, 0) is 16.2 Å². The van der Waals surface area contributed by atoms with Gasteiger partial charge in [-0.05, 0) is 32.0 Å². The molecular weight excluding hydrogens is 255 g/mol. The van der Waals surface area contributed by atoms with E-state index in [1.807, 2.05) is 0 Å². The second kappa shape index (κ2) is 4.56. The summed E-state index contributed by atoms with van der Waals surface area (Å²) in [5.41, 5.74) is -0.977. The van der Waals surface area contributed by atoms with Gasteiger partial charge in [0.25, 0.3) is 0 Å². The number of hydrogen-bond acceptors (Lipinski definition) is 2. The number of hydrogen-bond donors (Lipinski definition) is 1. The lowest BCUT2D eigenvalue weighted by atomic mass is 10.2. The van der Waals surface area contributed by atoms with E-state index in [9.17, 15) is 21.6 Å². The van der Waals surface area contributed by atoms with Crippen molar-refractivity contribution >= 4 is 15.7 Å². The smallest absolute Gasteiger partial charge is 0.283 e. The maximum absolute atomic E-state index is 12.4. The van der Waals surface area contributed by atoms with Crippen molar-refractivity contribution in [3.8, 4) is 0 Å². The Balaban J connectivity index is 3.03. The first kappa shape index (κ1) is 13.8. The largest absolute Gasteiger partial charge is 0.416 e. The van der Waals surface area contributed by atoms with Crippen molar-refractivity contribution in [2.75, 3.05) is 4.72 Å². The molecule has 0 bridgehead atoms. The van der Waals surface area contributed by atoms with Crippen molar-refractivity contribution in [3.63, 3.8) is 0 Å². The maximum atomic E-state index is 12.4. The number of benzene rings is 1. The molecule has 1 aromatic rings. The second-order valence-electron chi connectivity index (χ2n) is 3.77.